The molecule has 0 radical (unpaired) electrons. The molecule has 24 heavy (non-hydrogen) atoms. The molecule has 3 aromatic rings. The summed E-state index contributed by atoms with van der Waals surface area (Å²) in [5.41, 5.74) is 0.862. The van der Waals surface area contributed by atoms with Crippen LogP contribution in [0.2, 0.25) is 0 Å². The highest BCUT2D eigenvalue weighted by atomic mass is 32.1. The van der Waals surface area contributed by atoms with Gasteiger partial charge in [0.1, 0.15) is 11.3 Å². The topological polar surface area (TPSA) is 57.5 Å². The first-order chi connectivity index (χ1) is 11.6. The molecule has 2 aromatic heterocycles. The second-order valence-electron chi connectivity index (χ2n) is 5.81. The van der Waals surface area contributed by atoms with Crippen molar-refractivity contribution in [2.45, 2.75) is 12.6 Å². The van der Waals surface area contributed by atoms with Crippen LogP contribution in [-0.2, 0) is 6.54 Å². The quantitative estimate of drug-likeness (QED) is 0.719. The monoisotopic (exact) mass is 343 g/mol. The van der Waals surface area contributed by atoms with Crippen molar-refractivity contribution in [2.75, 3.05) is 20.6 Å². The maximum atomic E-state index is 12.0. The van der Waals surface area contributed by atoms with Crippen LogP contribution in [0.1, 0.15) is 16.7 Å². The Kier molecular flexibility index (Phi) is 5.17. The van der Waals surface area contributed by atoms with Gasteiger partial charge in [0, 0.05) is 16.8 Å². The van der Waals surface area contributed by atoms with Crippen molar-refractivity contribution in [3.05, 3.63) is 58.5 Å². The van der Waals surface area contributed by atoms with Gasteiger partial charge in [-0.2, -0.15) is 0 Å². The van der Waals surface area contributed by atoms with E-state index in [0.29, 0.717) is 13.1 Å². The van der Waals surface area contributed by atoms with Gasteiger partial charge in [0.25, 0.3) is 0 Å². The minimum atomic E-state index is -0.175. The molecule has 2 N–H and O–H groups in total. The smallest absolute Gasteiger partial charge is 0.315 e. The van der Waals surface area contributed by atoms with Gasteiger partial charge in [0.05, 0.1) is 12.6 Å². The number of fused-ring (bicyclic) bond motifs is 1. The number of carbonyl (C=O) groups is 1. The van der Waals surface area contributed by atoms with Crippen LogP contribution < -0.4 is 10.6 Å². The normalized spacial score (nSPS) is 12.5. The van der Waals surface area contributed by atoms with Crippen LogP contribution in [0.4, 0.5) is 4.79 Å². The first kappa shape index (κ1) is 16.5. The zero-order valence-corrected chi connectivity index (χ0v) is 14.6. The van der Waals surface area contributed by atoms with Gasteiger partial charge in [-0.05, 0) is 37.7 Å². The summed E-state index contributed by atoms with van der Waals surface area (Å²) in [4.78, 5) is 15.2. The van der Waals surface area contributed by atoms with E-state index in [-0.39, 0.29) is 12.1 Å². The van der Waals surface area contributed by atoms with Gasteiger partial charge in [-0.25, -0.2) is 4.79 Å². The van der Waals surface area contributed by atoms with Crippen LogP contribution in [0.15, 0.2) is 52.3 Å². The number of benzene rings is 1. The van der Waals surface area contributed by atoms with E-state index in [1.165, 1.54) is 0 Å². The van der Waals surface area contributed by atoms with Crippen LogP contribution >= 0.6 is 11.3 Å². The molecule has 5 nitrogen and oxygen atoms in total. The number of furan rings is 1. The number of hydrogen-bond acceptors (Lipinski definition) is 4. The first-order valence-electron chi connectivity index (χ1n) is 7.82. The van der Waals surface area contributed by atoms with Crippen molar-refractivity contribution < 1.29 is 9.21 Å². The summed E-state index contributed by atoms with van der Waals surface area (Å²) in [7, 11) is 3.95. The Hall–Kier alpha value is -2.31. The lowest BCUT2D eigenvalue weighted by molar-refractivity contribution is 0.226. The zero-order chi connectivity index (χ0) is 16.9. The third kappa shape index (κ3) is 3.96. The van der Waals surface area contributed by atoms with Crippen molar-refractivity contribution >= 4 is 28.3 Å². The molecule has 0 saturated heterocycles. The minimum absolute atomic E-state index is 0.0233. The Balaban J connectivity index is 1.60. The van der Waals surface area contributed by atoms with Crippen molar-refractivity contribution in [1.82, 2.24) is 15.5 Å². The highest BCUT2D eigenvalue weighted by Crippen LogP contribution is 2.25. The average molecular weight is 343 g/mol. The second-order valence-corrected chi connectivity index (χ2v) is 6.84. The predicted octanol–water partition coefficient (Wildman–Crippen LogP) is 3.60. The lowest BCUT2D eigenvalue weighted by atomic mass is 10.2. The maximum absolute atomic E-state index is 12.0. The number of carbonyl (C=O) groups excluding carboxylic acids is 1. The van der Waals surface area contributed by atoms with E-state index in [4.69, 9.17) is 4.42 Å². The molecule has 1 atom stereocenters. The largest absolute Gasteiger partial charge is 0.459 e. The Morgan fingerprint density at radius 3 is 2.75 bits per heavy atom. The standard InChI is InChI=1S/C18H21N3O2S/c1-21(2)15(17-10-13-6-3-4-8-16(13)23-17)12-20-18(22)19-11-14-7-5-9-24-14/h3-10,15H,11-12H2,1-2H3,(H2,19,20,22)/t15-/m0/s1. The molecule has 0 unspecified atom stereocenters. The lowest BCUT2D eigenvalue weighted by Gasteiger charge is -2.22. The Bertz CT molecular complexity index is 763. The fourth-order valence-corrected chi connectivity index (χ4v) is 3.18. The summed E-state index contributed by atoms with van der Waals surface area (Å²) in [6, 6.07) is 13.7. The Morgan fingerprint density at radius 2 is 2.04 bits per heavy atom. The van der Waals surface area contributed by atoms with Gasteiger partial charge in [-0.1, -0.05) is 24.3 Å². The highest BCUT2D eigenvalue weighted by Gasteiger charge is 2.19. The SMILES string of the molecule is CN(C)[C@@H](CNC(=O)NCc1cccs1)c1cc2ccccc2o1. The van der Waals surface area contributed by atoms with Crippen LogP contribution in [0.3, 0.4) is 0 Å². The number of para-hydroxylation sites is 1. The summed E-state index contributed by atoms with van der Waals surface area (Å²) >= 11 is 1.63. The molecule has 0 aliphatic heterocycles. The van der Waals surface area contributed by atoms with Crippen molar-refractivity contribution in [1.29, 1.82) is 0 Å². The molecule has 126 valence electrons. The third-order valence-electron chi connectivity index (χ3n) is 3.86. The van der Waals surface area contributed by atoms with Gasteiger partial charge in [0.15, 0.2) is 0 Å². The van der Waals surface area contributed by atoms with Gasteiger partial charge in [-0.15, -0.1) is 11.3 Å². The van der Waals surface area contributed by atoms with Crippen molar-refractivity contribution in [3.63, 3.8) is 0 Å². The van der Waals surface area contributed by atoms with Gasteiger partial charge in [0.2, 0.25) is 0 Å². The number of amides is 2. The fraction of sp³-hybridized carbons (Fsp3) is 0.278. The summed E-state index contributed by atoms with van der Waals surface area (Å²) in [5.74, 6) is 0.847. The number of thiophene rings is 1. The van der Waals surface area contributed by atoms with Crippen LogP contribution in [0.5, 0.6) is 0 Å². The second kappa shape index (κ2) is 7.51. The molecule has 0 aliphatic carbocycles. The van der Waals surface area contributed by atoms with Crippen LogP contribution in [-0.4, -0.2) is 31.6 Å². The minimum Gasteiger partial charge on any atom is -0.459 e. The fourth-order valence-electron chi connectivity index (χ4n) is 2.54. The zero-order valence-electron chi connectivity index (χ0n) is 13.8. The number of nitrogens with zero attached hydrogens (tertiary/aromatic N) is 1. The summed E-state index contributed by atoms with van der Waals surface area (Å²) in [6.07, 6.45) is 0. The molecular formula is C18H21N3O2S. The van der Waals surface area contributed by atoms with Crippen LogP contribution in [0.25, 0.3) is 11.0 Å². The molecule has 0 aliphatic rings. The number of rotatable bonds is 6. The molecule has 1 aromatic carbocycles. The predicted molar refractivity (Wildman–Crippen MR) is 97.2 cm³/mol. The van der Waals surface area contributed by atoms with Gasteiger partial charge < -0.3 is 15.1 Å². The molecule has 2 amide bonds. The van der Waals surface area contributed by atoms with E-state index in [1.54, 1.807) is 11.3 Å². The molecule has 2 heterocycles. The van der Waals surface area contributed by atoms with E-state index in [9.17, 15) is 4.79 Å². The summed E-state index contributed by atoms with van der Waals surface area (Å²) in [5, 5.41) is 8.86. The van der Waals surface area contributed by atoms with E-state index in [1.807, 2.05) is 66.8 Å². The molecule has 0 fully saturated rings. The van der Waals surface area contributed by atoms with Crippen molar-refractivity contribution in [2.24, 2.45) is 0 Å². The number of urea groups is 1. The molecule has 3 rings (SSSR count). The first-order valence-corrected chi connectivity index (χ1v) is 8.70. The molecular weight excluding hydrogens is 322 g/mol. The number of likely N-dealkylation sites (N-methyl/N-ethyl adjacent to an activating group) is 1. The van der Waals surface area contributed by atoms with E-state index in [2.05, 4.69) is 10.6 Å². The Labute approximate surface area is 145 Å². The molecule has 0 bridgehead atoms. The third-order valence-corrected chi connectivity index (χ3v) is 4.73. The van der Waals surface area contributed by atoms with Gasteiger partial charge in [-0.3, -0.25) is 4.90 Å². The number of nitrogens with one attached hydrogen (secondary N) is 2. The van der Waals surface area contributed by atoms with E-state index < -0.39 is 0 Å². The summed E-state index contributed by atoms with van der Waals surface area (Å²) < 4.78 is 5.93. The van der Waals surface area contributed by atoms with Gasteiger partial charge >= 0.3 is 6.03 Å². The van der Waals surface area contributed by atoms with Crippen molar-refractivity contribution in [3.8, 4) is 0 Å². The van der Waals surface area contributed by atoms with Crippen LogP contribution in [0, 0.1) is 0 Å². The maximum Gasteiger partial charge on any atom is 0.315 e. The Morgan fingerprint density at radius 1 is 1.21 bits per heavy atom. The van der Waals surface area contributed by atoms with E-state index >= 15 is 0 Å². The molecule has 0 spiro atoms. The van der Waals surface area contributed by atoms with E-state index in [0.717, 1.165) is 21.6 Å². The molecule has 0 saturated carbocycles. The average Bonchev–Trinajstić information content (AvgIpc) is 3.22. The lowest BCUT2D eigenvalue weighted by Crippen LogP contribution is -2.40. The summed E-state index contributed by atoms with van der Waals surface area (Å²) in [6.45, 7) is 1.02. The molecule has 6 heteroatoms. The number of hydrogen-bond donors (Lipinski definition) is 2. The highest BCUT2D eigenvalue weighted by molar-refractivity contribution is 7.09.